The molecule has 0 saturated heterocycles. The van der Waals surface area contributed by atoms with Crippen molar-refractivity contribution < 1.29 is 23.8 Å². The van der Waals surface area contributed by atoms with Gasteiger partial charge in [0.2, 0.25) is 5.78 Å². The Labute approximate surface area is 111 Å². The van der Waals surface area contributed by atoms with Crippen LogP contribution < -0.4 is 19.5 Å². The van der Waals surface area contributed by atoms with E-state index in [0.29, 0.717) is 22.8 Å². The van der Waals surface area contributed by atoms with Crippen molar-refractivity contribution in [2.45, 2.75) is 13.5 Å². The molecule has 1 aromatic rings. The van der Waals surface area contributed by atoms with Crippen molar-refractivity contribution in [2.75, 3.05) is 21.3 Å². The van der Waals surface area contributed by atoms with Crippen molar-refractivity contribution in [1.82, 2.24) is 5.32 Å². The Kier molecular flexibility index (Phi) is 5.17. The first-order valence-electron chi connectivity index (χ1n) is 5.61. The topological polar surface area (TPSA) is 73.9 Å². The molecule has 0 aliphatic rings. The largest absolute Gasteiger partial charge is 0.496 e. The van der Waals surface area contributed by atoms with E-state index in [2.05, 4.69) is 5.32 Å². The quantitative estimate of drug-likeness (QED) is 0.776. The summed E-state index contributed by atoms with van der Waals surface area (Å²) >= 11 is 0. The number of carbonyl (C=O) groups is 2. The molecule has 1 rings (SSSR count). The van der Waals surface area contributed by atoms with Crippen molar-refractivity contribution in [1.29, 1.82) is 0 Å². The van der Waals surface area contributed by atoms with Crippen LogP contribution >= 0.6 is 0 Å². The van der Waals surface area contributed by atoms with Crippen LogP contribution in [-0.4, -0.2) is 33.0 Å². The predicted molar refractivity (Wildman–Crippen MR) is 68.6 cm³/mol. The maximum Gasteiger partial charge on any atom is 0.287 e. The van der Waals surface area contributed by atoms with Gasteiger partial charge < -0.3 is 19.5 Å². The number of benzene rings is 1. The van der Waals surface area contributed by atoms with Crippen molar-refractivity contribution in [2.24, 2.45) is 0 Å². The number of carbonyl (C=O) groups excluding carboxylic acids is 2. The Morgan fingerprint density at radius 2 is 1.58 bits per heavy atom. The molecule has 0 bridgehead atoms. The molecule has 0 heterocycles. The lowest BCUT2D eigenvalue weighted by molar-refractivity contribution is -0.136. The minimum absolute atomic E-state index is 0.134. The van der Waals surface area contributed by atoms with Gasteiger partial charge in [0.05, 0.1) is 33.4 Å². The summed E-state index contributed by atoms with van der Waals surface area (Å²) in [5, 5.41) is 2.50. The van der Waals surface area contributed by atoms with E-state index >= 15 is 0 Å². The van der Waals surface area contributed by atoms with Gasteiger partial charge in [-0.2, -0.15) is 0 Å². The monoisotopic (exact) mass is 267 g/mol. The van der Waals surface area contributed by atoms with Gasteiger partial charge >= 0.3 is 0 Å². The van der Waals surface area contributed by atoms with Crippen molar-refractivity contribution in [3.63, 3.8) is 0 Å². The highest BCUT2D eigenvalue weighted by Crippen LogP contribution is 2.33. The summed E-state index contributed by atoms with van der Waals surface area (Å²) in [6, 6.07) is 3.36. The van der Waals surface area contributed by atoms with E-state index in [0.717, 1.165) is 0 Å². The van der Waals surface area contributed by atoms with Gasteiger partial charge in [-0.05, 0) is 0 Å². The molecule has 0 atom stereocenters. The molecule has 0 saturated carbocycles. The second-order valence-corrected chi connectivity index (χ2v) is 3.75. The Bertz CT molecular complexity index is 459. The molecule has 0 fully saturated rings. The lowest BCUT2D eigenvalue weighted by atomic mass is 10.1. The van der Waals surface area contributed by atoms with E-state index in [1.165, 1.54) is 28.3 Å². The Morgan fingerprint density at radius 1 is 1.05 bits per heavy atom. The lowest BCUT2D eigenvalue weighted by Crippen LogP contribution is -2.28. The van der Waals surface area contributed by atoms with Crippen LogP contribution in [0, 0.1) is 0 Å². The van der Waals surface area contributed by atoms with Crippen molar-refractivity contribution in [3.8, 4) is 17.2 Å². The number of hydrogen-bond acceptors (Lipinski definition) is 5. The predicted octanol–water partition coefficient (Wildman–Crippen LogP) is 0.918. The fraction of sp³-hybridized carbons (Fsp3) is 0.385. The number of nitrogens with one attached hydrogen (secondary N) is 1. The first-order chi connectivity index (χ1) is 9.03. The van der Waals surface area contributed by atoms with Gasteiger partial charge in [0.25, 0.3) is 5.91 Å². The van der Waals surface area contributed by atoms with Gasteiger partial charge in [0, 0.05) is 19.1 Å². The van der Waals surface area contributed by atoms with E-state index in [1.54, 1.807) is 12.1 Å². The van der Waals surface area contributed by atoms with Gasteiger partial charge in [-0.15, -0.1) is 0 Å². The fourth-order valence-electron chi connectivity index (χ4n) is 1.55. The number of ketones is 1. The van der Waals surface area contributed by atoms with Crippen LogP contribution in [0.5, 0.6) is 17.2 Å². The van der Waals surface area contributed by atoms with Gasteiger partial charge in [0.1, 0.15) is 17.2 Å². The fourth-order valence-corrected chi connectivity index (χ4v) is 1.55. The Balaban J connectivity index is 3.03. The second-order valence-electron chi connectivity index (χ2n) is 3.75. The molecule has 0 aromatic heterocycles. The summed E-state index contributed by atoms with van der Waals surface area (Å²) in [6.07, 6.45) is 0. The van der Waals surface area contributed by atoms with E-state index in [-0.39, 0.29) is 6.54 Å². The highest BCUT2D eigenvalue weighted by molar-refractivity contribution is 6.35. The third kappa shape index (κ3) is 3.61. The minimum atomic E-state index is -0.653. The van der Waals surface area contributed by atoms with E-state index in [9.17, 15) is 9.59 Å². The maximum atomic E-state index is 11.3. The smallest absolute Gasteiger partial charge is 0.287 e. The zero-order valence-electron chi connectivity index (χ0n) is 11.4. The molecule has 104 valence electrons. The van der Waals surface area contributed by atoms with Gasteiger partial charge in [-0.1, -0.05) is 0 Å². The third-order valence-electron chi connectivity index (χ3n) is 2.56. The number of methoxy groups -OCH3 is 3. The van der Waals surface area contributed by atoms with E-state index in [1.807, 2.05) is 0 Å². The number of amides is 1. The van der Waals surface area contributed by atoms with Crippen LogP contribution in [0.2, 0.25) is 0 Å². The van der Waals surface area contributed by atoms with Crippen LogP contribution in [0.4, 0.5) is 0 Å². The molecule has 0 aliphatic heterocycles. The molecular weight excluding hydrogens is 250 g/mol. The van der Waals surface area contributed by atoms with Crippen LogP contribution in [0.1, 0.15) is 12.5 Å². The average molecular weight is 267 g/mol. The number of ether oxygens (including phenoxy) is 3. The van der Waals surface area contributed by atoms with Gasteiger partial charge in [0.15, 0.2) is 0 Å². The van der Waals surface area contributed by atoms with Gasteiger partial charge in [-0.3, -0.25) is 9.59 Å². The van der Waals surface area contributed by atoms with E-state index < -0.39 is 11.7 Å². The zero-order chi connectivity index (χ0) is 14.4. The summed E-state index contributed by atoms with van der Waals surface area (Å²) in [4.78, 5) is 22.2. The molecule has 0 spiro atoms. The summed E-state index contributed by atoms with van der Waals surface area (Å²) in [7, 11) is 4.54. The highest BCUT2D eigenvalue weighted by Gasteiger charge is 2.15. The van der Waals surface area contributed by atoms with Crippen molar-refractivity contribution >= 4 is 11.7 Å². The molecular formula is C13H17NO5. The summed E-state index contributed by atoms with van der Waals surface area (Å²) in [6.45, 7) is 1.34. The van der Waals surface area contributed by atoms with E-state index in [4.69, 9.17) is 14.2 Å². The molecule has 1 N–H and O–H groups in total. The van der Waals surface area contributed by atoms with Crippen LogP contribution in [0.15, 0.2) is 12.1 Å². The molecule has 0 radical (unpaired) electrons. The second kappa shape index (κ2) is 6.63. The maximum absolute atomic E-state index is 11.3. The highest BCUT2D eigenvalue weighted by atomic mass is 16.5. The normalized spacial score (nSPS) is 9.68. The third-order valence-corrected chi connectivity index (χ3v) is 2.56. The van der Waals surface area contributed by atoms with Crippen molar-refractivity contribution in [3.05, 3.63) is 17.7 Å². The minimum Gasteiger partial charge on any atom is -0.496 e. The van der Waals surface area contributed by atoms with Gasteiger partial charge in [-0.25, -0.2) is 0 Å². The van der Waals surface area contributed by atoms with Crippen LogP contribution in [0.3, 0.4) is 0 Å². The first-order valence-corrected chi connectivity index (χ1v) is 5.61. The molecule has 0 unspecified atom stereocenters. The summed E-state index contributed by atoms with van der Waals surface area (Å²) < 4.78 is 15.6. The number of rotatable bonds is 6. The lowest BCUT2D eigenvalue weighted by Gasteiger charge is -2.15. The SMILES string of the molecule is COc1cc(OC)c(CNC(=O)C(C)=O)c(OC)c1. The molecule has 0 aliphatic carbocycles. The zero-order valence-corrected chi connectivity index (χ0v) is 11.4. The first kappa shape index (κ1) is 14.8. The molecule has 6 heteroatoms. The average Bonchev–Trinajstić information content (AvgIpc) is 2.43. The Morgan fingerprint density at radius 3 is 1.95 bits per heavy atom. The summed E-state index contributed by atoms with van der Waals surface area (Å²) in [5.41, 5.74) is 0.639. The molecule has 19 heavy (non-hydrogen) atoms. The number of hydrogen-bond donors (Lipinski definition) is 1. The Hall–Kier alpha value is -2.24. The standard InChI is InChI=1S/C13H17NO5/c1-8(15)13(16)14-7-10-11(18-3)5-9(17-2)6-12(10)19-4/h5-6H,7H2,1-4H3,(H,14,16). The van der Waals surface area contributed by atoms with Crippen LogP contribution in [0.25, 0.3) is 0 Å². The van der Waals surface area contributed by atoms with Crippen LogP contribution in [-0.2, 0) is 16.1 Å². The molecule has 1 aromatic carbocycles. The molecule has 1 amide bonds. The molecule has 6 nitrogen and oxygen atoms in total. The number of Topliss-reactive ketones (excluding diaryl/α,β-unsaturated/α-hetero) is 1. The summed E-state index contributed by atoms with van der Waals surface area (Å²) in [5.74, 6) is 0.404.